The minimum absolute atomic E-state index is 0.239. The summed E-state index contributed by atoms with van der Waals surface area (Å²) in [6, 6.07) is 0.577. The van der Waals surface area contributed by atoms with Crippen LogP contribution in [0.15, 0.2) is 0 Å². The Kier molecular flexibility index (Phi) is 5.23. The summed E-state index contributed by atoms with van der Waals surface area (Å²) in [5.74, 6) is 0. The van der Waals surface area contributed by atoms with E-state index in [1.165, 1.54) is 0 Å². The second-order valence-electron chi connectivity index (χ2n) is 4.20. The molecule has 0 aromatic rings. The number of rotatable bonds is 4. The lowest BCUT2D eigenvalue weighted by molar-refractivity contribution is 0.160. The first-order valence-electron chi connectivity index (χ1n) is 5.43. The van der Waals surface area contributed by atoms with Crippen molar-refractivity contribution in [3.05, 3.63) is 0 Å². The average molecular weight is 218 g/mol. The highest BCUT2D eigenvalue weighted by Gasteiger charge is 2.20. The van der Waals surface area contributed by atoms with E-state index in [-0.39, 0.29) is 6.10 Å². The van der Waals surface area contributed by atoms with Crippen molar-refractivity contribution in [2.75, 3.05) is 19.6 Å². The van der Waals surface area contributed by atoms with Crippen LogP contribution in [0.5, 0.6) is 0 Å². The van der Waals surface area contributed by atoms with E-state index in [1.807, 2.05) is 6.92 Å². The van der Waals surface area contributed by atoms with Crippen molar-refractivity contribution >= 4 is 12.6 Å². The maximum absolute atomic E-state index is 9.14. The van der Waals surface area contributed by atoms with Gasteiger partial charge in [0.05, 0.1) is 6.10 Å². The van der Waals surface area contributed by atoms with Crippen LogP contribution in [0.3, 0.4) is 0 Å². The highest BCUT2D eigenvalue weighted by Crippen LogP contribution is 2.14. The summed E-state index contributed by atoms with van der Waals surface area (Å²) in [5, 5.41) is 12.9. The van der Waals surface area contributed by atoms with Gasteiger partial charge in [-0.05, 0) is 26.7 Å². The number of thiol groups is 1. The normalized spacial score (nSPS) is 24.9. The van der Waals surface area contributed by atoms with Gasteiger partial charge in [-0.15, -0.1) is 0 Å². The van der Waals surface area contributed by atoms with Crippen LogP contribution in [0.25, 0.3) is 0 Å². The second kappa shape index (κ2) is 5.95. The molecule has 0 saturated carbocycles. The molecule has 84 valence electrons. The number of nitrogens with zero attached hydrogens (tertiary/aromatic N) is 1. The maximum atomic E-state index is 9.14. The van der Waals surface area contributed by atoms with Gasteiger partial charge in [-0.1, -0.05) is 0 Å². The van der Waals surface area contributed by atoms with Gasteiger partial charge in [-0.2, -0.15) is 12.6 Å². The molecule has 1 rings (SSSR count). The minimum atomic E-state index is -0.239. The molecule has 0 aliphatic carbocycles. The fraction of sp³-hybridized carbons (Fsp3) is 1.00. The van der Waals surface area contributed by atoms with Crippen molar-refractivity contribution in [3.8, 4) is 0 Å². The Morgan fingerprint density at radius 2 is 2.00 bits per heavy atom. The summed E-state index contributed by atoms with van der Waals surface area (Å²) in [6.45, 7) is 6.87. The predicted molar refractivity (Wildman–Crippen MR) is 62.7 cm³/mol. The van der Waals surface area contributed by atoms with Gasteiger partial charge in [0.1, 0.15) is 0 Å². The molecule has 0 amide bonds. The number of nitrogens with one attached hydrogen (secondary N) is 1. The van der Waals surface area contributed by atoms with Crippen LogP contribution in [0.2, 0.25) is 0 Å². The molecule has 2 atom stereocenters. The van der Waals surface area contributed by atoms with Gasteiger partial charge >= 0.3 is 0 Å². The van der Waals surface area contributed by atoms with E-state index in [9.17, 15) is 0 Å². The molecule has 2 unspecified atom stereocenters. The number of hydrogen-bond donors (Lipinski definition) is 3. The molecule has 0 spiro atoms. The van der Waals surface area contributed by atoms with E-state index in [0.717, 1.165) is 25.9 Å². The Bertz CT molecular complexity index is 156. The van der Waals surface area contributed by atoms with Crippen LogP contribution in [0.1, 0.15) is 26.7 Å². The molecular weight excluding hydrogens is 196 g/mol. The Labute approximate surface area is 92.3 Å². The third-order valence-corrected chi connectivity index (χ3v) is 3.09. The van der Waals surface area contributed by atoms with Crippen molar-refractivity contribution in [2.24, 2.45) is 0 Å². The van der Waals surface area contributed by atoms with Crippen LogP contribution in [0, 0.1) is 0 Å². The van der Waals surface area contributed by atoms with Gasteiger partial charge < -0.3 is 10.4 Å². The van der Waals surface area contributed by atoms with Gasteiger partial charge in [0.15, 0.2) is 0 Å². The summed E-state index contributed by atoms with van der Waals surface area (Å²) in [5.41, 5.74) is 0. The van der Waals surface area contributed by atoms with Crippen LogP contribution in [0.4, 0.5) is 0 Å². The first kappa shape index (κ1) is 12.3. The molecule has 0 aromatic heterocycles. The lowest BCUT2D eigenvalue weighted by atomic mass is 10.1. The maximum Gasteiger partial charge on any atom is 0.0636 e. The van der Waals surface area contributed by atoms with Crippen molar-refractivity contribution < 1.29 is 5.11 Å². The number of piperidine rings is 1. The van der Waals surface area contributed by atoms with Gasteiger partial charge in [0.2, 0.25) is 0 Å². The molecule has 0 bridgehead atoms. The van der Waals surface area contributed by atoms with Gasteiger partial charge in [0.25, 0.3) is 0 Å². The summed E-state index contributed by atoms with van der Waals surface area (Å²) >= 11 is 4.42. The first-order valence-corrected chi connectivity index (χ1v) is 5.95. The average Bonchev–Trinajstić information content (AvgIpc) is 2.15. The highest BCUT2D eigenvalue weighted by molar-refractivity contribution is 7.80. The number of aliphatic hydroxyl groups is 1. The summed E-state index contributed by atoms with van der Waals surface area (Å²) in [6.07, 6.45) is 2.09. The Balaban J connectivity index is 2.16. The fourth-order valence-corrected chi connectivity index (χ4v) is 2.05. The van der Waals surface area contributed by atoms with Crippen LogP contribution < -0.4 is 5.32 Å². The standard InChI is InChI=1S/C10H22N2OS/c1-8(13)7-11-10-3-5-12(6-4-10)9(2)14/h8-11,13-14H,3-7H2,1-2H3. The van der Waals surface area contributed by atoms with Gasteiger partial charge in [0, 0.05) is 31.0 Å². The van der Waals surface area contributed by atoms with Gasteiger partial charge in [-0.25, -0.2) is 0 Å². The molecule has 1 aliphatic heterocycles. The largest absolute Gasteiger partial charge is 0.392 e. The SMILES string of the molecule is CC(O)CNC1CCN(C(C)S)CC1. The quantitative estimate of drug-likeness (QED) is 0.608. The number of aliphatic hydroxyl groups excluding tert-OH is 1. The third kappa shape index (κ3) is 4.17. The summed E-state index contributed by atoms with van der Waals surface area (Å²) in [4.78, 5) is 2.38. The molecule has 3 nitrogen and oxygen atoms in total. The van der Waals surface area contributed by atoms with E-state index in [4.69, 9.17) is 5.11 Å². The van der Waals surface area contributed by atoms with Crippen LogP contribution >= 0.6 is 12.6 Å². The minimum Gasteiger partial charge on any atom is -0.392 e. The molecule has 1 heterocycles. The monoisotopic (exact) mass is 218 g/mol. The molecule has 2 N–H and O–H groups in total. The molecule has 4 heteroatoms. The first-order chi connectivity index (χ1) is 6.59. The smallest absolute Gasteiger partial charge is 0.0636 e. The zero-order valence-electron chi connectivity index (χ0n) is 9.11. The second-order valence-corrected chi connectivity index (χ2v) is 4.95. The van der Waals surface area contributed by atoms with Gasteiger partial charge in [-0.3, -0.25) is 4.90 Å². The lowest BCUT2D eigenvalue weighted by Gasteiger charge is -2.34. The van der Waals surface area contributed by atoms with E-state index < -0.39 is 0 Å². The topological polar surface area (TPSA) is 35.5 Å². The number of hydrogen-bond acceptors (Lipinski definition) is 4. The Morgan fingerprint density at radius 3 is 2.43 bits per heavy atom. The lowest BCUT2D eigenvalue weighted by Crippen LogP contribution is -2.45. The predicted octanol–water partition coefficient (Wildman–Crippen LogP) is 0.697. The highest BCUT2D eigenvalue weighted by atomic mass is 32.1. The fourth-order valence-electron chi connectivity index (χ4n) is 1.81. The van der Waals surface area contributed by atoms with Crippen molar-refractivity contribution in [3.63, 3.8) is 0 Å². The Hall–Kier alpha value is 0.230. The van der Waals surface area contributed by atoms with Crippen molar-refractivity contribution in [1.82, 2.24) is 10.2 Å². The zero-order valence-corrected chi connectivity index (χ0v) is 10.0. The van der Waals surface area contributed by atoms with Crippen LogP contribution in [-0.4, -0.2) is 47.2 Å². The van der Waals surface area contributed by atoms with E-state index >= 15 is 0 Å². The Morgan fingerprint density at radius 1 is 1.43 bits per heavy atom. The molecule has 0 radical (unpaired) electrons. The van der Waals surface area contributed by atoms with E-state index in [1.54, 1.807) is 0 Å². The third-order valence-electron chi connectivity index (χ3n) is 2.76. The van der Waals surface area contributed by atoms with Crippen molar-refractivity contribution in [1.29, 1.82) is 0 Å². The van der Waals surface area contributed by atoms with E-state index in [2.05, 4.69) is 29.8 Å². The molecule has 1 saturated heterocycles. The zero-order chi connectivity index (χ0) is 10.6. The summed E-state index contributed by atoms with van der Waals surface area (Å²) in [7, 11) is 0. The molecule has 14 heavy (non-hydrogen) atoms. The summed E-state index contributed by atoms with van der Waals surface area (Å²) < 4.78 is 0. The van der Waals surface area contributed by atoms with Crippen molar-refractivity contribution in [2.45, 2.75) is 44.2 Å². The van der Waals surface area contributed by atoms with E-state index in [0.29, 0.717) is 18.0 Å². The number of likely N-dealkylation sites (tertiary alicyclic amines) is 1. The molecular formula is C10H22N2OS. The molecule has 1 aliphatic rings. The van der Waals surface area contributed by atoms with Crippen LogP contribution in [-0.2, 0) is 0 Å². The molecule has 1 fully saturated rings. The molecule has 0 aromatic carbocycles.